The van der Waals surface area contributed by atoms with Gasteiger partial charge in [-0.2, -0.15) is 0 Å². The number of anilines is 2. The second-order valence-corrected chi connectivity index (χ2v) is 7.01. The molecule has 1 atom stereocenters. The minimum absolute atomic E-state index is 0.0345. The van der Waals surface area contributed by atoms with Crippen molar-refractivity contribution in [2.75, 3.05) is 18.1 Å². The summed E-state index contributed by atoms with van der Waals surface area (Å²) < 4.78 is 12.1. The molecule has 0 radical (unpaired) electrons. The van der Waals surface area contributed by atoms with Gasteiger partial charge in [0.05, 0.1) is 12.0 Å². The van der Waals surface area contributed by atoms with Gasteiger partial charge >= 0.3 is 0 Å². The number of carbonyl (C=O) groups excluding carboxylic acids is 1. The smallest absolute Gasteiger partial charge is 0.171 e. The second kappa shape index (κ2) is 5.99. The molecule has 0 bridgehead atoms. The molecule has 25 heavy (non-hydrogen) atoms. The first-order valence-corrected chi connectivity index (χ1v) is 8.31. The van der Waals surface area contributed by atoms with Crippen molar-refractivity contribution in [2.45, 2.75) is 39.7 Å². The highest BCUT2D eigenvalue weighted by Crippen LogP contribution is 2.42. The van der Waals surface area contributed by atoms with Crippen LogP contribution in [0.3, 0.4) is 0 Å². The molecule has 0 saturated carbocycles. The lowest BCUT2D eigenvalue weighted by molar-refractivity contribution is 0.0183. The van der Waals surface area contributed by atoms with E-state index < -0.39 is 5.60 Å². The van der Waals surface area contributed by atoms with Crippen LogP contribution in [-0.4, -0.2) is 18.0 Å². The summed E-state index contributed by atoms with van der Waals surface area (Å²) in [5, 5.41) is 0. The molecular weight excluding hydrogens is 316 g/mol. The Morgan fingerprint density at radius 1 is 1.16 bits per heavy atom. The van der Waals surface area contributed by atoms with Gasteiger partial charge in [-0.1, -0.05) is 6.07 Å². The van der Waals surface area contributed by atoms with Crippen molar-refractivity contribution in [3.63, 3.8) is 0 Å². The van der Waals surface area contributed by atoms with Gasteiger partial charge in [-0.05, 0) is 56.5 Å². The molecule has 4 N–H and O–H groups in total. The average Bonchev–Trinajstić information content (AvgIpc) is 2.56. The second-order valence-electron chi connectivity index (χ2n) is 7.01. The molecule has 3 rings (SSSR count). The number of ketones is 1. The third kappa shape index (κ3) is 3.02. The van der Waals surface area contributed by atoms with E-state index >= 15 is 0 Å². The van der Waals surface area contributed by atoms with Gasteiger partial charge in [0.15, 0.2) is 5.78 Å². The van der Waals surface area contributed by atoms with Gasteiger partial charge in [0.25, 0.3) is 0 Å². The number of nitrogen functional groups attached to an aromatic ring is 2. The van der Waals surface area contributed by atoms with E-state index in [9.17, 15) is 4.79 Å². The van der Waals surface area contributed by atoms with Gasteiger partial charge in [-0.15, -0.1) is 0 Å². The Labute approximate surface area is 147 Å². The van der Waals surface area contributed by atoms with Gasteiger partial charge in [0.1, 0.15) is 23.7 Å². The summed E-state index contributed by atoms with van der Waals surface area (Å²) in [5.74, 6) is 1.32. The van der Waals surface area contributed by atoms with Crippen LogP contribution in [0, 0.1) is 20.8 Å². The molecule has 0 fully saturated rings. The van der Waals surface area contributed by atoms with Crippen LogP contribution in [0.2, 0.25) is 0 Å². The average molecular weight is 340 g/mol. The van der Waals surface area contributed by atoms with Crippen molar-refractivity contribution in [2.24, 2.45) is 0 Å². The summed E-state index contributed by atoms with van der Waals surface area (Å²) in [6.07, 6.45) is 0.241. The fraction of sp³-hybridized carbons (Fsp3) is 0.350. The number of ether oxygens (including phenoxy) is 2. The Hall–Kier alpha value is -2.69. The maximum absolute atomic E-state index is 12.8. The number of rotatable bonds is 3. The number of benzene rings is 2. The molecule has 0 aromatic heterocycles. The summed E-state index contributed by atoms with van der Waals surface area (Å²) in [4.78, 5) is 12.8. The maximum Gasteiger partial charge on any atom is 0.171 e. The minimum atomic E-state index is -0.742. The summed E-state index contributed by atoms with van der Waals surface area (Å²) in [5.41, 5.74) is 15.7. The molecule has 0 spiro atoms. The molecule has 1 aliphatic heterocycles. The van der Waals surface area contributed by atoms with Crippen molar-refractivity contribution in [3.05, 3.63) is 46.5 Å². The number of hydrogen-bond donors (Lipinski definition) is 2. The number of nitrogens with two attached hydrogens (primary N) is 2. The van der Waals surface area contributed by atoms with Crippen LogP contribution >= 0.6 is 0 Å². The molecule has 2 aromatic carbocycles. The lowest BCUT2D eigenvalue weighted by Gasteiger charge is -2.36. The Morgan fingerprint density at radius 3 is 2.56 bits per heavy atom. The van der Waals surface area contributed by atoms with Crippen molar-refractivity contribution >= 4 is 17.2 Å². The fourth-order valence-corrected chi connectivity index (χ4v) is 3.24. The molecule has 132 valence electrons. The normalized spacial score (nSPS) is 19.3. The molecule has 1 aliphatic rings. The van der Waals surface area contributed by atoms with Crippen molar-refractivity contribution in [1.29, 1.82) is 0 Å². The predicted molar refractivity (Wildman–Crippen MR) is 99.4 cm³/mol. The van der Waals surface area contributed by atoms with Crippen molar-refractivity contribution in [1.82, 2.24) is 0 Å². The first-order valence-electron chi connectivity index (χ1n) is 8.31. The molecule has 2 aromatic rings. The Bertz CT molecular complexity index is 861. The number of fused-ring (bicyclic) bond motifs is 1. The van der Waals surface area contributed by atoms with Gasteiger partial charge in [-0.3, -0.25) is 4.79 Å². The van der Waals surface area contributed by atoms with E-state index in [0.29, 0.717) is 28.4 Å². The van der Waals surface area contributed by atoms with Gasteiger partial charge < -0.3 is 20.9 Å². The number of carbonyl (C=O) groups is 1. The molecular formula is C20H24N2O3. The highest BCUT2D eigenvalue weighted by molar-refractivity contribution is 6.03. The van der Waals surface area contributed by atoms with Crippen LogP contribution in [0.5, 0.6) is 11.5 Å². The maximum atomic E-state index is 12.8. The van der Waals surface area contributed by atoms with E-state index in [2.05, 4.69) is 0 Å². The first kappa shape index (κ1) is 17.1. The zero-order chi connectivity index (χ0) is 18.4. The zero-order valence-electron chi connectivity index (χ0n) is 15.1. The highest BCUT2D eigenvalue weighted by Gasteiger charge is 2.40. The Balaban J connectivity index is 1.91. The first-order chi connectivity index (χ1) is 11.7. The van der Waals surface area contributed by atoms with E-state index in [1.54, 1.807) is 12.1 Å². The van der Waals surface area contributed by atoms with E-state index in [-0.39, 0.29) is 18.8 Å². The van der Waals surface area contributed by atoms with E-state index in [1.807, 2.05) is 39.8 Å². The van der Waals surface area contributed by atoms with Crippen LogP contribution in [0.25, 0.3) is 0 Å². The van der Waals surface area contributed by atoms with Crippen molar-refractivity contribution in [3.8, 4) is 11.5 Å². The molecule has 1 heterocycles. The quantitative estimate of drug-likeness (QED) is 0.834. The summed E-state index contributed by atoms with van der Waals surface area (Å²) >= 11 is 0. The lowest BCUT2D eigenvalue weighted by atomic mass is 9.86. The minimum Gasteiger partial charge on any atom is -0.489 e. The molecule has 0 saturated heterocycles. The van der Waals surface area contributed by atoms with Crippen molar-refractivity contribution < 1.29 is 14.3 Å². The van der Waals surface area contributed by atoms with Crippen LogP contribution in [0.1, 0.15) is 40.4 Å². The topological polar surface area (TPSA) is 87.6 Å². The molecule has 5 heteroatoms. The lowest BCUT2D eigenvalue weighted by Crippen LogP contribution is -2.45. The Morgan fingerprint density at radius 2 is 1.88 bits per heavy atom. The number of hydrogen-bond acceptors (Lipinski definition) is 5. The third-order valence-electron chi connectivity index (χ3n) is 4.88. The van der Waals surface area contributed by atoms with Crippen LogP contribution in [0.15, 0.2) is 24.3 Å². The molecule has 0 aliphatic carbocycles. The largest absolute Gasteiger partial charge is 0.489 e. The molecule has 1 unspecified atom stereocenters. The van der Waals surface area contributed by atoms with E-state index in [4.69, 9.17) is 20.9 Å². The van der Waals surface area contributed by atoms with E-state index in [0.717, 1.165) is 16.7 Å². The van der Waals surface area contributed by atoms with Gasteiger partial charge in [0, 0.05) is 17.4 Å². The summed E-state index contributed by atoms with van der Waals surface area (Å²) in [6, 6.07) is 7.21. The monoisotopic (exact) mass is 340 g/mol. The van der Waals surface area contributed by atoms with Crippen LogP contribution in [0.4, 0.5) is 11.4 Å². The third-order valence-corrected chi connectivity index (χ3v) is 4.88. The SMILES string of the molecule is Cc1c(C)c2c(c(C)c1N)C(=O)CC(C)(COc1cccc(N)c1)O2. The van der Waals surface area contributed by atoms with E-state index in [1.165, 1.54) is 0 Å². The Kier molecular flexibility index (Phi) is 4.11. The molecule has 5 nitrogen and oxygen atoms in total. The van der Waals surface area contributed by atoms with Crippen LogP contribution < -0.4 is 20.9 Å². The summed E-state index contributed by atoms with van der Waals surface area (Å²) in [6.45, 7) is 7.89. The molecule has 0 amide bonds. The zero-order valence-corrected chi connectivity index (χ0v) is 15.1. The van der Waals surface area contributed by atoms with Gasteiger partial charge in [0.2, 0.25) is 0 Å². The number of Topliss-reactive ketones (excluding diaryl/α,β-unsaturated/α-hetero) is 1. The fourth-order valence-electron chi connectivity index (χ4n) is 3.24. The van der Waals surface area contributed by atoms with Gasteiger partial charge in [-0.25, -0.2) is 0 Å². The highest BCUT2D eigenvalue weighted by atomic mass is 16.5. The standard InChI is InChI=1S/C20H24N2O3/c1-11-12(2)19-17(13(3)18(11)22)16(23)9-20(4,25-19)10-24-15-7-5-6-14(21)8-15/h5-8H,9-10,21-22H2,1-4H3. The predicted octanol–water partition coefficient (Wildman–Crippen LogP) is 3.58. The summed E-state index contributed by atoms with van der Waals surface area (Å²) in [7, 11) is 0. The van der Waals surface area contributed by atoms with Crippen LogP contribution in [-0.2, 0) is 0 Å².